The van der Waals surface area contributed by atoms with Gasteiger partial charge in [0, 0.05) is 15.4 Å². The summed E-state index contributed by atoms with van der Waals surface area (Å²) in [7, 11) is 0. The minimum Gasteiger partial charge on any atom is -0.0840 e. The van der Waals surface area contributed by atoms with Gasteiger partial charge in [0.25, 0.3) is 0 Å². The van der Waals surface area contributed by atoms with E-state index in [1.807, 2.05) is 37.3 Å². The highest BCUT2D eigenvalue weighted by Crippen LogP contribution is 2.30. The molecule has 0 aliphatic carbocycles. The molecule has 0 radical (unpaired) electrons. The smallest absolute Gasteiger partial charge is 0.0487 e. The molecule has 0 aromatic heterocycles. The molecule has 0 saturated carbocycles. The molecule has 0 spiro atoms. The van der Waals surface area contributed by atoms with Crippen LogP contribution in [0.4, 0.5) is 0 Å². The van der Waals surface area contributed by atoms with E-state index < -0.39 is 0 Å². The van der Waals surface area contributed by atoms with E-state index in [2.05, 4.69) is 0 Å². The number of aryl methyl sites for hydroxylation is 1. The molecule has 0 saturated heterocycles. The lowest BCUT2D eigenvalue weighted by Crippen LogP contribution is -1.80. The van der Waals surface area contributed by atoms with Crippen LogP contribution < -0.4 is 0 Å². The van der Waals surface area contributed by atoms with Gasteiger partial charge in [-0.05, 0) is 30.0 Å². The summed E-state index contributed by atoms with van der Waals surface area (Å²) in [4.78, 5) is 0. The maximum Gasteiger partial charge on any atom is 0.0487 e. The lowest BCUT2D eigenvalue weighted by molar-refractivity contribution is 1.53. The third-order valence-corrected chi connectivity index (χ3v) is 2.91. The largest absolute Gasteiger partial charge is 0.0840 e. The molecular formula is C11H8Cl2. The number of rotatable bonds is 0. The summed E-state index contributed by atoms with van der Waals surface area (Å²) in [5.41, 5.74) is 1.05. The van der Waals surface area contributed by atoms with Crippen LogP contribution in [0.1, 0.15) is 5.56 Å². The number of hydrogen-bond acceptors (Lipinski definition) is 0. The van der Waals surface area contributed by atoms with Gasteiger partial charge in [-0.15, -0.1) is 0 Å². The van der Waals surface area contributed by atoms with E-state index in [4.69, 9.17) is 23.2 Å². The van der Waals surface area contributed by atoms with E-state index >= 15 is 0 Å². The molecule has 0 bridgehead atoms. The van der Waals surface area contributed by atoms with Gasteiger partial charge in [-0.1, -0.05) is 41.4 Å². The van der Waals surface area contributed by atoms with Gasteiger partial charge in [-0.2, -0.15) is 0 Å². The molecule has 13 heavy (non-hydrogen) atoms. The Bertz CT molecular complexity index is 461. The lowest BCUT2D eigenvalue weighted by Gasteiger charge is -2.05. The molecule has 66 valence electrons. The summed E-state index contributed by atoms with van der Waals surface area (Å²) in [5, 5.41) is 3.71. The molecule has 2 aromatic carbocycles. The standard InChI is InChI=1S/C11H8Cl2/c1-7-9(12)6-5-8-3-2-4-10(13)11(7)8/h2-6H,1H3. The third-order valence-electron chi connectivity index (χ3n) is 2.19. The molecule has 0 unspecified atom stereocenters. The fraction of sp³-hybridized carbons (Fsp3) is 0.0909. The molecule has 0 N–H and O–H groups in total. The average molecular weight is 211 g/mol. The molecule has 2 rings (SSSR count). The van der Waals surface area contributed by atoms with E-state index in [-0.39, 0.29) is 0 Å². The minimum atomic E-state index is 0.762. The second kappa shape index (κ2) is 3.21. The molecular weight excluding hydrogens is 203 g/mol. The Kier molecular flexibility index (Phi) is 2.19. The first-order chi connectivity index (χ1) is 6.20. The van der Waals surface area contributed by atoms with Gasteiger partial charge in [-0.25, -0.2) is 0 Å². The summed E-state index contributed by atoms with van der Waals surface area (Å²) in [5.74, 6) is 0. The zero-order valence-electron chi connectivity index (χ0n) is 7.14. The van der Waals surface area contributed by atoms with Gasteiger partial charge in [0.05, 0.1) is 0 Å². The minimum absolute atomic E-state index is 0.762. The van der Waals surface area contributed by atoms with Crippen molar-refractivity contribution in [2.45, 2.75) is 6.92 Å². The van der Waals surface area contributed by atoms with Gasteiger partial charge in [0.15, 0.2) is 0 Å². The van der Waals surface area contributed by atoms with Gasteiger partial charge in [0.1, 0.15) is 0 Å². The molecule has 0 amide bonds. The highest BCUT2D eigenvalue weighted by Gasteiger charge is 2.04. The maximum absolute atomic E-state index is 6.08. The van der Waals surface area contributed by atoms with Crippen LogP contribution in [0.25, 0.3) is 10.8 Å². The van der Waals surface area contributed by atoms with Gasteiger partial charge < -0.3 is 0 Å². The van der Waals surface area contributed by atoms with Crippen LogP contribution in [0.5, 0.6) is 0 Å². The first-order valence-electron chi connectivity index (χ1n) is 4.03. The van der Waals surface area contributed by atoms with Crippen molar-refractivity contribution in [1.29, 1.82) is 0 Å². The second-order valence-electron chi connectivity index (χ2n) is 3.01. The Morgan fingerprint density at radius 3 is 2.46 bits per heavy atom. The number of hydrogen-bond donors (Lipinski definition) is 0. The van der Waals surface area contributed by atoms with E-state index in [1.54, 1.807) is 0 Å². The number of halogens is 2. The summed E-state index contributed by atoms with van der Waals surface area (Å²) in [6.45, 7) is 1.98. The SMILES string of the molecule is Cc1c(Cl)ccc2cccc(Cl)c12. The predicted octanol–water partition coefficient (Wildman–Crippen LogP) is 4.46. The average Bonchev–Trinajstić information content (AvgIpc) is 2.12. The van der Waals surface area contributed by atoms with Crippen LogP contribution in [0.15, 0.2) is 30.3 Å². The molecule has 0 atom stereocenters. The van der Waals surface area contributed by atoms with Crippen LogP contribution >= 0.6 is 23.2 Å². The molecule has 0 aliphatic rings. The lowest BCUT2D eigenvalue weighted by atomic mass is 10.1. The molecule has 0 fully saturated rings. The zero-order chi connectivity index (χ0) is 9.42. The van der Waals surface area contributed by atoms with Crippen molar-refractivity contribution in [3.63, 3.8) is 0 Å². The van der Waals surface area contributed by atoms with Crippen LogP contribution in [0.3, 0.4) is 0 Å². The number of fused-ring (bicyclic) bond motifs is 1. The van der Waals surface area contributed by atoms with Gasteiger partial charge >= 0.3 is 0 Å². The van der Waals surface area contributed by atoms with Gasteiger partial charge in [0.2, 0.25) is 0 Å². The Morgan fingerprint density at radius 2 is 1.69 bits per heavy atom. The van der Waals surface area contributed by atoms with Crippen molar-refractivity contribution in [3.05, 3.63) is 45.9 Å². The highest BCUT2D eigenvalue weighted by molar-refractivity contribution is 6.37. The molecule has 0 nitrogen and oxygen atoms in total. The van der Waals surface area contributed by atoms with E-state index in [1.165, 1.54) is 0 Å². The summed E-state index contributed by atoms with van der Waals surface area (Å²) >= 11 is 12.1. The number of benzene rings is 2. The van der Waals surface area contributed by atoms with Crippen molar-refractivity contribution in [3.8, 4) is 0 Å². The van der Waals surface area contributed by atoms with Crippen molar-refractivity contribution >= 4 is 34.0 Å². The van der Waals surface area contributed by atoms with Crippen molar-refractivity contribution in [1.82, 2.24) is 0 Å². The van der Waals surface area contributed by atoms with Crippen LogP contribution in [-0.4, -0.2) is 0 Å². The van der Waals surface area contributed by atoms with E-state index in [0.29, 0.717) is 0 Å². The summed E-state index contributed by atoms with van der Waals surface area (Å²) in [6.07, 6.45) is 0. The quantitative estimate of drug-likeness (QED) is 0.603. The fourth-order valence-corrected chi connectivity index (χ4v) is 1.96. The molecule has 0 heterocycles. The van der Waals surface area contributed by atoms with Crippen LogP contribution in [0.2, 0.25) is 10.0 Å². The normalized spacial score (nSPS) is 10.7. The molecule has 2 aromatic rings. The molecule has 0 aliphatic heterocycles. The maximum atomic E-state index is 6.08. The zero-order valence-corrected chi connectivity index (χ0v) is 8.65. The van der Waals surface area contributed by atoms with Crippen LogP contribution in [-0.2, 0) is 0 Å². The summed E-state index contributed by atoms with van der Waals surface area (Å²) < 4.78 is 0. The van der Waals surface area contributed by atoms with Crippen molar-refractivity contribution < 1.29 is 0 Å². The van der Waals surface area contributed by atoms with Crippen molar-refractivity contribution in [2.75, 3.05) is 0 Å². The highest BCUT2D eigenvalue weighted by atomic mass is 35.5. The van der Waals surface area contributed by atoms with Crippen molar-refractivity contribution in [2.24, 2.45) is 0 Å². The van der Waals surface area contributed by atoms with Crippen LogP contribution in [0, 0.1) is 6.92 Å². The topological polar surface area (TPSA) is 0 Å². The first-order valence-corrected chi connectivity index (χ1v) is 4.79. The third kappa shape index (κ3) is 1.41. The van der Waals surface area contributed by atoms with E-state index in [0.717, 1.165) is 26.4 Å². The Balaban J connectivity index is 2.97. The monoisotopic (exact) mass is 210 g/mol. The van der Waals surface area contributed by atoms with E-state index in [9.17, 15) is 0 Å². The predicted molar refractivity (Wildman–Crippen MR) is 58.7 cm³/mol. The second-order valence-corrected chi connectivity index (χ2v) is 3.82. The summed E-state index contributed by atoms with van der Waals surface area (Å²) in [6, 6.07) is 9.74. The fourth-order valence-electron chi connectivity index (χ4n) is 1.48. The first kappa shape index (κ1) is 8.86. The Morgan fingerprint density at radius 1 is 0.923 bits per heavy atom. The Labute approximate surface area is 87.1 Å². The molecule has 2 heteroatoms. The van der Waals surface area contributed by atoms with Gasteiger partial charge in [-0.3, -0.25) is 0 Å². The Hall–Kier alpha value is -0.720.